The minimum absolute atomic E-state index is 0.0269. The molecule has 3 nitrogen and oxygen atoms in total. The molecule has 1 unspecified atom stereocenters. The molecule has 3 rings (SSSR count). The molecule has 0 amide bonds. The van der Waals surface area contributed by atoms with Gasteiger partial charge in [-0.05, 0) is 29.8 Å². The summed E-state index contributed by atoms with van der Waals surface area (Å²) in [7, 11) is 0. The summed E-state index contributed by atoms with van der Waals surface area (Å²) in [5.41, 5.74) is 1.86. The lowest BCUT2D eigenvalue weighted by Crippen LogP contribution is -1.97. The normalized spacial score (nSPS) is 12.3. The lowest BCUT2D eigenvalue weighted by atomic mass is 10.1. The van der Waals surface area contributed by atoms with Gasteiger partial charge >= 0.3 is 0 Å². The molecule has 0 aliphatic carbocycles. The van der Waals surface area contributed by atoms with E-state index in [0.29, 0.717) is 6.42 Å². The van der Waals surface area contributed by atoms with E-state index in [1.165, 1.54) is 23.5 Å². The van der Waals surface area contributed by atoms with Crippen LogP contribution in [0.15, 0.2) is 48.7 Å². The van der Waals surface area contributed by atoms with Crippen molar-refractivity contribution in [2.75, 3.05) is 0 Å². The molecule has 3 aromatic rings. The van der Waals surface area contributed by atoms with Crippen molar-refractivity contribution in [3.8, 4) is 5.88 Å². The van der Waals surface area contributed by atoms with Crippen LogP contribution in [0.4, 0.5) is 4.39 Å². The molecule has 0 bridgehead atoms. The van der Waals surface area contributed by atoms with Crippen LogP contribution in [0.2, 0.25) is 0 Å². The van der Waals surface area contributed by atoms with Gasteiger partial charge in [-0.15, -0.1) is 11.3 Å². The topological polar surface area (TPSA) is 46.0 Å². The van der Waals surface area contributed by atoms with E-state index in [1.54, 1.807) is 18.3 Å². The zero-order chi connectivity index (χ0) is 15.5. The highest BCUT2D eigenvalue weighted by atomic mass is 32.1. The molecule has 1 N–H and O–H groups in total. The van der Waals surface area contributed by atoms with Crippen LogP contribution in [0.5, 0.6) is 5.88 Å². The Kier molecular flexibility index (Phi) is 4.15. The van der Waals surface area contributed by atoms with Crippen LogP contribution in [0, 0.1) is 5.82 Å². The predicted molar refractivity (Wildman–Crippen MR) is 84.7 cm³/mol. The molecule has 0 saturated heterocycles. The van der Waals surface area contributed by atoms with Crippen molar-refractivity contribution in [3.05, 3.63) is 75.6 Å². The Labute approximate surface area is 132 Å². The van der Waals surface area contributed by atoms with Crippen molar-refractivity contribution in [1.82, 2.24) is 9.97 Å². The second kappa shape index (κ2) is 6.23. The molecule has 1 aromatic carbocycles. The van der Waals surface area contributed by atoms with Crippen molar-refractivity contribution < 1.29 is 9.50 Å². The maximum Gasteiger partial charge on any atom is 0.225 e. The van der Waals surface area contributed by atoms with Gasteiger partial charge in [0.1, 0.15) is 10.8 Å². The Hall–Kier alpha value is -2.27. The van der Waals surface area contributed by atoms with Crippen LogP contribution in [0.25, 0.3) is 0 Å². The standard InChI is InChI=1S/C17H15FN2OS/c1-11(14-4-2-3-9-19-14)17-20-16(21)15(22-17)10-12-5-7-13(18)8-6-12/h2-9,11,21H,10H2,1H3. The van der Waals surface area contributed by atoms with E-state index in [2.05, 4.69) is 9.97 Å². The number of benzene rings is 1. The smallest absolute Gasteiger partial charge is 0.225 e. The molecule has 1 atom stereocenters. The summed E-state index contributed by atoms with van der Waals surface area (Å²) >= 11 is 1.47. The highest BCUT2D eigenvalue weighted by Crippen LogP contribution is 2.33. The van der Waals surface area contributed by atoms with E-state index in [4.69, 9.17) is 0 Å². The molecular formula is C17H15FN2OS. The van der Waals surface area contributed by atoms with Crippen LogP contribution in [-0.4, -0.2) is 15.1 Å². The molecule has 22 heavy (non-hydrogen) atoms. The lowest BCUT2D eigenvalue weighted by Gasteiger charge is -2.06. The van der Waals surface area contributed by atoms with E-state index < -0.39 is 0 Å². The summed E-state index contributed by atoms with van der Waals surface area (Å²) in [6.45, 7) is 2.02. The van der Waals surface area contributed by atoms with Crippen LogP contribution in [-0.2, 0) is 6.42 Å². The van der Waals surface area contributed by atoms with E-state index in [9.17, 15) is 9.50 Å². The van der Waals surface area contributed by atoms with Gasteiger partial charge in [0.05, 0.1) is 10.8 Å². The molecule has 0 radical (unpaired) electrons. The van der Waals surface area contributed by atoms with E-state index in [0.717, 1.165) is 21.1 Å². The summed E-state index contributed by atoms with van der Waals surface area (Å²) in [5.74, 6) is -0.187. The molecular weight excluding hydrogens is 299 g/mol. The number of hydrogen-bond donors (Lipinski definition) is 1. The highest BCUT2D eigenvalue weighted by molar-refractivity contribution is 7.12. The second-order valence-corrected chi connectivity index (χ2v) is 6.19. The molecule has 5 heteroatoms. The van der Waals surface area contributed by atoms with Crippen molar-refractivity contribution in [2.45, 2.75) is 19.3 Å². The van der Waals surface area contributed by atoms with Crippen molar-refractivity contribution in [2.24, 2.45) is 0 Å². The van der Waals surface area contributed by atoms with Crippen LogP contribution in [0.3, 0.4) is 0 Å². The third kappa shape index (κ3) is 3.14. The Morgan fingerprint density at radius 1 is 1.18 bits per heavy atom. The summed E-state index contributed by atoms with van der Waals surface area (Å²) in [6.07, 6.45) is 2.29. The van der Waals surface area contributed by atoms with Gasteiger partial charge in [0, 0.05) is 18.3 Å². The zero-order valence-electron chi connectivity index (χ0n) is 12.0. The van der Waals surface area contributed by atoms with Crippen LogP contribution >= 0.6 is 11.3 Å². The lowest BCUT2D eigenvalue weighted by molar-refractivity contribution is 0.450. The van der Waals surface area contributed by atoms with Gasteiger partial charge in [-0.25, -0.2) is 9.37 Å². The van der Waals surface area contributed by atoms with Gasteiger partial charge in [0.15, 0.2) is 0 Å². The summed E-state index contributed by atoms with van der Waals surface area (Å²) in [4.78, 5) is 9.37. The monoisotopic (exact) mass is 314 g/mol. The molecule has 0 spiro atoms. The number of nitrogens with zero attached hydrogens (tertiary/aromatic N) is 2. The first kappa shape index (κ1) is 14.7. The average molecular weight is 314 g/mol. The molecule has 0 saturated carbocycles. The fourth-order valence-corrected chi connectivity index (χ4v) is 3.27. The quantitative estimate of drug-likeness (QED) is 0.788. The van der Waals surface area contributed by atoms with E-state index in [-0.39, 0.29) is 17.6 Å². The van der Waals surface area contributed by atoms with E-state index in [1.807, 2.05) is 25.1 Å². The third-order valence-electron chi connectivity index (χ3n) is 3.47. The molecule has 0 aliphatic rings. The van der Waals surface area contributed by atoms with Gasteiger partial charge < -0.3 is 5.11 Å². The fourth-order valence-electron chi connectivity index (χ4n) is 2.21. The maximum atomic E-state index is 12.9. The van der Waals surface area contributed by atoms with Crippen molar-refractivity contribution in [3.63, 3.8) is 0 Å². The molecule has 112 valence electrons. The maximum absolute atomic E-state index is 12.9. The number of halogens is 1. The Morgan fingerprint density at radius 2 is 1.95 bits per heavy atom. The highest BCUT2D eigenvalue weighted by Gasteiger charge is 2.18. The van der Waals surface area contributed by atoms with Gasteiger partial charge in [-0.1, -0.05) is 25.1 Å². The van der Waals surface area contributed by atoms with Crippen LogP contribution in [0.1, 0.15) is 34.0 Å². The Morgan fingerprint density at radius 3 is 2.64 bits per heavy atom. The third-order valence-corrected chi connectivity index (χ3v) is 4.70. The average Bonchev–Trinajstić information content (AvgIpc) is 2.91. The predicted octanol–water partition coefficient (Wildman–Crippen LogP) is 4.13. The Bertz CT molecular complexity index is 756. The van der Waals surface area contributed by atoms with Gasteiger partial charge in [-0.3, -0.25) is 4.98 Å². The number of hydrogen-bond acceptors (Lipinski definition) is 4. The van der Waals surface area contributed by atoms with Gasteiger partial charge in [0.2, 0.25) is 5.88 Å². The second-order valence-electron chi connectivity index (χ2n) is 5.08. The summed E-state index contributed by atoms with van der Waals surface area (Å²) in [5, 5.41) is 10.9. The van der Waals surface area contributed by atoms with Gasteiger partial charge in [-0.2, -0.15) is 0 Å². The SMILES string of the molecule is CC(c1ccccn1)c1nc(O)c(Cc2ccc(F)cc2)s1. The molecule has 2 aromatic heterocycles. The van der Waals surface area contributed by atoms with E-state index >= 15 is 0 Å². The van der Waals surface area contributed by atoms with Gasteiger partial charge in [0.25, 0.3) is 0 Å². The first-order valence-corrected chi connectivity index (χ1v) is 7.79. The van der Waals surface area contributed by atoms with Crippen LogP contribution < -0.4 is 0 Å². The molecule has 0 aliphatic heterocycles. The number of thiazole rings is 1. The number of pyridine rings is 1. The van der Waals surface area contributed by atoms with Crippen molar-refractivity contribution >= 4 is 11.3 Å². The largest absolute Gasteiger partial charge is 0.492 e. The van der Waals surface area contributed by atoms with Crippen molar-refractivity contribution in [1.29, 1.82) is 0 Å². The molecule has 0 fully saturated rings. The Balaban J connectivity index is 1.83. The first-order valence-electron chi connectivity index (χ1n) is 6.97. The minimum atomic E-state index is -0.262. The molecule has 2 heterocycles. The summed E-state index contributed by atoms with van der Waals surface area (Å²) in [6, 6.07) is 12.0. The number of aromatic nitrogens is 2. The zero-order valence-corrected chi connectivity index (χ0v) is 12.8. The first-order chi connectivity index (χ1) is 10.6. The summed E-state index contributed by atoms with van der Waals surface area (Å²) < 4.78 is 12.9. The number of rotatable bonds is 4. The minimum Gasteiger partial charge on any atom is -0.492 e. The number of aromatic hydroxyl groups is 1. The fraction of sp³-hybridized carbons (Fsp3) is 0.176.